The highest BCUT2D eigenvalue weighted by atomic mass is 32.1. The number of hydrogen-bond donors (Lipinski definition) is 1. The van der Waals surface area contributed by atoms with Crippen molar-refractivity contribution in [2.75, 3.05) is 13.7 Å². The number of methoxy groups -OCH3 is 1. The Morgan fingerprint density at radius 3 is 2.65 bits per heavy atom. The minimum absolute atomic E-state index is 0.0984. The molecule has 1 aromatic heterocycles. The number of nitrogens with zero attached hydrogens (tertiary/aromatic N) is 2. The summed E-state index contributed by atoms with van der Waals surface area (Å²) in [6.07, 6.45) is 0. The first-order chi connectivity index (χ1) is 9.61. The van der Waals surface area contributed by atoms with Crippen molar-refractivity contribution in [1.29, 1.82) is 0 Å². The van der Waals surface area contributed by atoms with Crippen LogP contribution in [0.15, 0.2) is 24.3 Å². The Labute approximate surface area is 119 Å². The van der Waals surface area contributed by atoms with Crippen molar-refractivity contribution in [3.63, 3.8) is 0 Å². The lowest BCUT2D eigenvalue weighted by atomic mass is 10.2. The van der Waals surface area contributed by atoms with Gasteiger partial charge in [-0.3, -0.25) is 9.67 Å². The maximum absolute atomic E-state index is 12.1. The molecule has 0 bridgehead atoms. The van der Waals surface area contributed by atoms with Gasteiger partial charge in [0.1, 0.15) is 5.75 Å². The zero-order valence-electron chi connectivity index (χ0n) is 10.7. The Bertz CT molecular complexity index is 610. The Morgan fingerprint density at radius 1 is 1.35 bits per heavy atom. The van der Waals surface area contributed by atoms with E-state index in [1.807, 2.05) is 0 Å². The van der Waals surface area contributed by atoms with E-state index in [-0.39, 0.29) is 5.75 Å². The summed E-state index contributed by atoms with van der Waals surface area (Å²) >= 11 is 5.13. The lowest BCUT2D eigenvalue weighted by molar-refractivity contribution is -0.0498. The molecule has 108 valence electrons. The molecule has 0 amide bonds. The van der Waals surface area contributed by atoms with Crippen LogP contribution in [-0.4, -0.2) is 35.1 Å². The number of halogens is 2. The minimum Gasteiger partial charge on any atom is -0.435 e. The highest BCUT2D eigenvalue weighted by molar-refractivity contribution is 7.71. The minimum atomic E-state index is -2.84. The fraction of sp³-hybridized carbons (Fsp3) is 0.333. The fourth-order valence-electron chi connectivity index (χ4n) is 1.71. The van der Waals surface area contributed by atoms with Crippen LogP contribution in [0.4, 0.5) is 8.78 Å². The van der Waals surface area contributed by atoms with E-state index in [1.54, 1.807) is 23.8 Å². The summed E-state index contributed by atoms with van der Waals surface area (Å²) in [5.74, 6) is 0.719. The van der Waals surface area contributed by atoms with Gasteiger partial charge >= 0.3 is 6.61 Å². The SMILES string of the molecule is COCCn1c(-c2ccc(OC(F)F)cc2)n[nH]c1=S. The second-order valence-electron chi connectivity index (χ2n) is 3.90. The first-order valence-electron chi connectivity index (χ1n) is 5.81. The van der Waals surface area contributed by atoms with Gasteiger partial charge < -0.3 is 9.47 Å². The van der Waals surface area contributed by atoms with Crippen molar-refractivity contribution in [3.05, 3.63) is 29.0 Å². The van der Waals surface area contributed by atoms with Gasteiger partial charge in [-0.05, 0) is 36.5 Å². The summed E-state index contributed by atoms with van der Waals surface area (Å²) in [5, 5.41) is 6.83. The molecule has 20 heavy (non-hydrogen) atoms. The molecule has 5 nitrogen and oxygen atoms in total. The molecule has 1 N–H and O–H groups in total. The Balaban J connectivity index is 2.25. The van der Waals surface area contributed by atoms with Crippen molar-refractivity contribution in [3.8, 4) is 17.1 Å². The monoisotopic (exact) mass is 301 g/mol. The zero-order chi connectivity index (χ0) is 14.5. The highest BCUT2D eigenvalue weighted by Crippen LogP contribution is 2.22. The number of rotatable bonds is 6. The van der Waals surface area contributed by atoms with E-state index in [4.69, 9.17) is 17.0 Å². The number of alkyl halides is 2. The Hall–Kier alpha value is -1.80. The molecule has 2 aromatic rings. The lowest BCUT2D eigenvalue weighted by Crippen LogP contribution is -2.06. The third kappa shape index (κ3) is 3.40. The standard InChI is InChI=1S/C12H13F2N3O2S/c1-18-7-6-17-10(15-16-12(17)20)8-2-4-9(5-3-8)19-11(13)14/h2-5,11H,6-7H2,1H3,(H,16,20). The predicted octanol–water partition coefficient (Wildman–Crippen LogP) is 2.86. The molecule has 0 fully saturated rings. The smallest absolute Gasteiger partial charge is 0.387 e. The summed E-state index contributed by atoms with van der Waals surface area (Å²) < 4.78 is 35.7. The number of nitrogens with one attached hydrogen (secondary N) is 1. The summed E-state index contributed by atoms with van der Waals surface area (Å²) in [5.41, 5.74) is 0.745. The van der Waals surface area contributed by atoms with E-state index in [0.717, 1.165) is 5.56 Å². The molecule has 0 atom stereocenters. The predicted molar refractivity (Wildman–Crippen MR) is 71.4 cm³/mol. The molecule has 1 heterocycles. The molecule has 0 saturated heterocycles. The van der Waals surface area contributed by atoms with Crippen LogP contribution in [-0.2, 0) is 11.3 Å². The molecule has 0 radical (unpaired) electrons. The van der Waals surface area contributed by atoms with Crippen LogP contribution in [0.25, 0.3) is 11.4 Å². The normalized spacial score (nSPS) is 11.0. The number of hydrogen-bond acceptors (Lipinski definition) is 4. The van der Waals surface area contributed by atoms with E-state index < -0.39 is 6.61 Å². The van der Waals surface area contributed by atoms with Gasteiger partial charge in [0.2, 0.25) is 0 Å². The molecular weight excluding hydrogens is 288 g/mol. The maximum Gasteiger partial charge on any atom is 0.387 e. The molecule has 8 heteroatoms. The number of H-pyrrole nitrogens is 1. The van der Waals surface area contributed by atoms with Crippen LogP contribution in [0.5, 0.6) is 5.75 Å². The fourth-order valence-corrected chi connectivity index (χ4v) is 1.94. The van der Waals surface area contributed by atoms with E-state index >= 15 is 0 Å². The van der Waals surface area contributed by atoms with Crippen LogP contribution < -0.4 is 4.74 Å². The van der Waals surface area contributed by atoms with Crippen molar-refractivity contribution in [2.45, 2.75) is 13.2 Å². The molecule has 0 spiro atoms. The molecule has 0 saturated carbocycles. The molecular formula is C12H13F2N3O2S. The molecule has 2 rings (SSSR count). The van der Waals surface area contributed by atoms with Gasteiger partial charge in [-0.2, -0.15) is 13.9 Å². The van der Waals surface area contributed by atoms with Gasteiger partial charge in [-0.15, -0.1) is 0 Å². The summed E-state index contributed by atoms with van der Waals surface area (Å²) in [6.45, 7) is -1.79. The van der Waals surface area contributed by atoms with Crippen molar-refractivity contribution in [1.82, 2.24) is 14.8 Å². The van der Waals surface area contributed by atoms with Gasteiger partial charge in [0.05, 0.1) is 13.2 Å². The first kappa shape index (κ1) is 14.6. The number of aromatic amines is 1. The lowest BCUT2D eigenvalue weighted by Gasteiger charge is -2.07. The van der Waals surface area contributed by atoms with Crippen LogP contribution in [0.1, 0.15) is 0 Å². The van der Waals surface area contributed by atoms with E-state index in [2.05, 4.69) is 14.9 Å². The summed E-state index contributed by atoms with van der Waals surface area (Å²) in [6, 6.07) is 6.21. The van der Waals surface area contributed by atoms with Crippen LogP contribution in [0, 0.1) is 4.77 Å². The number of benzene rings is 1. The first-order valence-corrected chi connectivity index (χ1v) is 6.22. The topological polar surface area (TPSA) is 52.1 Å². The quantitative estimate of drug-likeness (QED) is 0.834. The van der Waals surface area contributed by atoms with E-state index in [1.165, 1.54) is 12.1 Å². The Morgan fingerprint density at radius 2 is 2.05 bits per heavy atom. The second-order valence-corrected chi connectivity index (χ2v) is 4.29. The zero-order valence-corrected chi connectivity index (χ0v) is 11.5. The van der Waals surface area contributed by atoms with Crippen molar-refractivity contribution >= 4 is 12.2 Å². The van der Waals surface area contributed by atoms with Gasteiger partial charge in [-0.25, -0.2) is 0 Å². The molecule has 0 unspecified atom stereocenters. The third-order valence-corrected chi connectivity index (χ3v) is 2.93. The number of ether oxygens (including phenoxy) is 2. The molecule has 1 aromatic carbocycles. The van der Waals surface area contributed by atoms with E-state index in [0.29, 0.717) is 23.7 Å². The summed E-state index contributed by atoms with van der Waals surface area (Å²) in [4.78, 5) is 0. The second kappa shape index (κ2) is 6.58. The van der Waals surface area contributed by atoms with Crippen LogP contribution >= 0.6 is 12.2 Å². The van der Waals surface area contributed by atoms with Crippen LogP contribution in [0.2, 0.25) is 0 Å². The largest absolute Gasteiger partial charge is 0.435 e. The van der Waals surface area contributed by atoms with Crippen molar-refractivity contribution in [2.24, 2.45) is 0 Å². The average Bonchev–Trinajstić information content (AvgIpc) is 2.78. The van der Waals surface area contributed by atoms with Gasteiger partial charge in [-0.1, -0.05) is 0 Å². The Kier molecular flexibility index (Phi) is 4.80. The molecule has 0 aliphatic heterocycles. The molecule has 0 aliphatic carbocycles. The maximum atomic E-state index is 12.1. The third-order valence-electron chi connectivity index (χ3n) is 2.61. The van der Waals surface area contributed by atoms with Crippen LogP contribution in [0.3, 0.4) is 0 Å². The van der Waals surface area contributed by atoms with Gasteiger partial charge in [0, 0.05) is 12.7 Å². The number of aromatic nitrogens is 3. The highest BCUT2D eigenvalue weighted by Gasteiger charge is 2.10. The van der Waals surface area contributed by atoms with Gasteiger partial charge in [0.25, 0.3) is 0 Å². The van der Waals surface area contributed by atoms with Gasteiger partial charge in [0.15, 0.2) is 10.6 Å². The van der Waals surface area contributed by atoms with E-state index in [9.17, 15) is 8.78 Å². The average molecular weight is 301 g/mol. The molecule has 0 aliphatic rings. The summed E-state index contributed by atoms with van der Waals surface area (Å²) in [7, 11) is 1.60. The van der Waals surface area contributed by atoms with Crippen molar-refractivity contribution < 1.29 is 18.3 Å².